The third-order valence-corrected chi connectivity index (χ3v) is 2.85. The highest BCUT2D eigenvalue weighted by Gasteiger charge is 2.10. The lowest BCUT2D eigenvalue weighted by molar-refractivity contribution is 0.473. The lowest BCUT2D eigenvalue weighted by Crippen LogP contribution is -2.22. The van der Waals surface area contributed by atoms with Crippen molar-refractivity contribution in [1.82, 2.24) is 0 Å². The second-order valence-electron chi connectivity index (χ2n) is 4.00. The van der Waals surface area contributed by atoms with Gasteiger partial charge in [0.05, 0.1) is 6.26 Å². The van der Waals surface area contributed by atoms with Crippen molar-refractivity contribution in [2.45, 2.75) is 51.0 Å². The first-order valence-electron chi connectivity index (χ1n) is 5.60. The first-order valence-corrected chi connectivity index (χ1v) is 5.60. The van der Waals surface area contributed by atoms with Gasteiger partial charge in [-0.2, -0.15) is 0 Å². The summed E-state index contributed by atoms with van der Waals surface area (Å²) in [5, 5.41) is 8.60. The highest BCUT2D eigenvalue weighted by atomic mass is 16.2. The van der Waals surface area contributed by atoms with Gasteiger partial charge in [-0.25, -0.2) is 0 Å². The molecule has 0 aromatic carbocycles. The lowest BCUT2D eigenvalue weighted by atomic mass is 9.99. The van der Waals surface area contributed by atoms with E-state index in [9.17, 15) is 0 Å². The molecule has 0 heterocycles. The second kappa shape index (κ2) is 6.66. The molecule has 0 radical (unpaired) electrons. The van der Waals surface area contributed by atoms with E-state index >= 15 is 0 Å². The Morgan fingerprint density at radius 1 is 1.14 bits per heavy atom. The van der Waals surface area contributed by atoms with Crippen molar-refractivity contribution in [3.05, 3.63) is 24.0 Å². The van der Waals surface area contributed by atoms with Crippen molar-refractivity contribution in [1.29, 1.82) is 0 Å². The first-order chi connectivity index (χ1) is 6.84. The third-order valence-electron chi connectivity index (χ3n) is 2.85. The molecule has 1 rings (SSSR count). The van der Waals surface area contributed by atoms with Crippen molar-refractivity contribution in [2.75, 3.05) is 0 Å². The maximum Gasteiger partial charge on any atom is 0.0791 e. The molecule has 0 aromatic heterocycles. The van der Waals surface area contributed by atoms with Gasteiger partial charge in [0.2, 0.25) is 0 Å². The van der Waals surface area contributed by atoms with Crippen LogP contribution in [0.15, 0.2) is 24.0 Å². The van der Waals surface area contributed by atoms with Crippen LogP contribution >= 0.6 is 0 Å². The van der Waals surface area contributed by atoms with Gasteiger partial charge in [-0.05, 0) is 25.3 Å². The molecule has 2 heteroatoms. The molecule has 1 fully saturated rings. The fourth-order valence-corrected chi connectivity index (χ4v) is 1.97. The quantitative estimate of drug-likeness (QED) is 0.632. The van der Waals surface area contributed by atoms with Gasteiger partial charge >= 0.3 is 0 Å². The summed E-state index contributed by atoms with van der Waals surface area (Å²) in [5.74, 6) is 0. The molecule has 1 aliphatic carbocycles. The van der Waals surface area contributed by atoms with Crippen molar-refractivity contribution in [2.24, 2.45) is 5.73 Å². The van der Waals surface area contributed by atoms with E-state index in [1.54, 1.807) is 6.08 Å². The molecule has 3 N–H and O–H groups in total. The normalized spacial score (nSPS) is 28.6. The lowest BCUT2D eigenvalue weighted by Gasteiger charge is -2.13. The van der Waals surface area contributed by atoms with E-state index in [4.69, 9.17) is 10.8 Å². The van der Waals surface area contributed by atoms with Crippen LogP contribution in [0.1, 0.15) is 44.9 Å². The molecule has 2 nitrogen and oxygen atoms in total. The molecule has 80 valence electrons. The number of hydrogen-bond acceptors (Lipinski definition) is 2. The molecule has 0 aromatic rings. The van der Waals surface area contributed by atoms with E-state index in [0.717, 1.165) is 19.1 Å². The van der Waals surface area contributed by atoms with Crippen LogP contribution in [-0.4, -0.2) is 11.1 Å². The highest BCUT2D eigenvalue weighted by molar-refractivity contribution is 5.16. The van der Waals surface area contributed by atoms with Crippen LogP contribution in [0.25, 0.3) is 0 Å². The Bertz CT molecular complexity index is 208. The average Bonchev–Trinajstić information content (AvgIpc) is 2.28. The maximum absolute atomic E-state index is 8.60. The summed E-state index contributed by atoms with van der Waals surface area (Å²) in [6.45, 7) is 0. The molecule has 0 spiro atoms. The maximum atomic E-state index is 8.60. The molecule has 14 heavy (non-hydrogen) atoms. The van der Waals surface area contributed by atoms with E-state index in [2.05, 4.69) is 0 Å². The number of nitrogens with two attached hydrogens (primary N) is 1. The van der Waals surface area contributed by atoms with Gasteiger partial charge in [-0.1, -0.05) is 37.3 Å². The summed E-state index contributed by atoms with van der Waals surface area (Å²) < 4.78 is 0. The Kier molecular flexibility index (Phi) is 5.38. The summed E-state index contributed by atoms with van der Waals surface area (Å²) in [6.07, 6.45) is 13.3. The summed E-state index contributed by atoms with van der Waals surface area (Å²) in [4.78, 5) is 0. The number of hydrogen-bond donors (Lipinski definition) is 2. The van der Waals surface area contributed by atoms with E-state index in [1.165, 1.54) is 37.7 Å². The van der Waals surface area contributed by atoms with E-state index < -0.39 is 0 Å². The molecule has 0 aliphatic heterocycles. The highest BCUT2D eigenvalue weighted by Crippen LogP contribution is 2.20. The molecule has 0 amide bonds. The van der Waals surface area contributed by atoms with E-state index in [1.807, 2.05) is 6.08 Å². The van der Waals surface area contributed by atoms with Crippen molar-refractivity contribution in [3.63, 3.8) is 0 Å². The molecule has 1 aliphatic rings. The van der Waals surface area contributed by atoms with Gasteiger partial charge in [0.25, 0.3) is 0 Å². The minimum Gasteiger partial charge on any atom is -0.516 e. The fourth-order valence-electron chi connectivity index (χ4n) is 1.97. The minimum absolute atomic E-state index is 0.198. The molecular formula is C12H21NO. The predicted octanol–water partition coefficient (Wildman–Crippen LogP) is 3.06. The van der Waals surface area contributed by atoms with Crippen LogP contribution in [0.3, 0.4) is 0 Å². The topological polar surface area (TPSA) is 46.2 Å². The SMILES string of the molecule is NC1CCCCCCC/C1=C/C=C\O. The zero-order valence-corrected chi connectivity index (χ0v) is 8.78. The average molecular weight is 195 g/mol. The van der Waals surface area contributed by atoms with Crippen molar-refractivity contribution in [3.8, 4) is 0 Å². The summed E-state index contributed by atoms with van der Waals surface area (Å²) >= 11 is 0. The zero-order chi connectivity index (χ0) is 10.2. The molecule has 1 atom stereocenters. The minimum atomic E-state index is 0.198. The number of rotatable bonds is 1. The molecule has 0 bridgehead atoms. The van der Waals surface area contributed by atoms with Crippen LogP contribution in [0, 0.1) is 0 Å². The number of aliphatic hydroxyl groups excluding tert-OH is 1. The van der Waals surface area contributed by atoms with E-state index in [-0.39, 0.29) is 6.04 Å². The second-order valence-corrected chi connectivity index (χ2v) is 4.00. The monoisotopic (exact) mass is 195 g/mol. The van der Waals surface area contributed by atoms with Gasteiger partial charge in [0.15, 0.2) is 0 Å². The summed E-state index contributed by atoms with van der Waals surface area (Å²) in [5.41, 5.74) is 7.36. The Morgan fingerprint density at radius 3 is 2.64 bits per heavy atom. The number of aliphatic hydroxyl groups is 1. The Morgan fingerprint density at radius 2 is 1.86 bits per heavy atom. The van der Waals surface area contributed by atoms with Gasteiger partial charge < -0.3 is 10.8 Å². The first kappa shape index (κ1) is 11.3. The van der Waals surface area contributed by atoms with Gasteiger partial charge in [0, 0.05) is 6.04 Å². The number of allylic oxidation sites excluding steroid dienone is 2. The standard InChI is InChI=1S/C12H21NO/c13-12-9-5-3-1-2-4-7-11(12)8-6-10-14/h6,8,10,12,14H,1-5,7,9,13H2/b10-6-,11-8-. The van der Waals surface area contributed by atoms with Crippen LogP contribution < -0.4 is 5.73 Å². The zero-order valence-electron chi connectivity index (χ0n) is 8.78. The smallest absolute Gasteiger partial charge is 0.0791 e. The summed E-state index contributed by atoms with van der Waals surface area (Å²) in [6, 6.07) is 0.198. The van der Waals surface area contributed by atoms with Crippen LogP contribution in [0.5, 0.6) is 0 Å². The molecule has 1 saturated carbocycles. The van der Waals surface area contributed by atoms with Crippen LogP contribution in [0.4, 0.5) is 0 Å². The molecule has 1 unspecified atom stereocenters. The van der Waals surface area contributed by atoms with Gasteiger partial charge in [-0.15, -0.1) is 0 Å². The van der Waals surface area contributed by atoms with Gasteiger partial charge in [-0.3, -0.25) is 0 Å². The van der Waals surface area contributed by atoms with Crippen molar-refractivity contribution >= 4 is 0 Å². The van der Waals surface area contributed by atoms with Crippen LogP contribution in [-0.2, 0) is 0 Å². The van der Waals surface area contributed by atoms with Crippen LogP contribution in [0.2, 0.25) is 0 Å². The summed E-state index contributed by atoms with van der Waals surface area (Å²) in [7, 11) is 0. The Hall–Kier alpha value is -0.760. The third kappa shape index (κ3) is 3.97. The predicted molar refractivity (Wildman–Crippen MR) is 60.1 cm³/mol. The largest absolute Gasteiger partial charge is 0.516 e. The Labute approximate surface area is 86.5 Å². The van der Waals surface area contributed by atoms with Gasteiger partial charge in [0.1, 0.15) is 0 Å². The molecule has 0 saturated heterocycles. The van der Waals surface area contributed by atoms with Crippen molar-refractivity contribution < 1.29 is 5.11 Å². The van der Waals surface area contributed by atoms with E-state index in [0.29, 0.717) is 0 Å². The Balaban J connectivity index is 2.57. The fraction of sp³-hybridized carbons (Fsp3) is 0.667. The molecular weight excluding hydrogens is 174 g/mol.